The second-order valence-corrected chi connectivity index (χ2v) is 5.84. The highest BCUT2D eigenvalue weighted by Gasteiger charge is 2.30. The molecule has 1 saturated heterocycles. The van der Waals surface area contributed by atoms with E-state index in [-0.39, 0.29) is 12.0 Å². The van der Waals surface area contributed by atoms with Crippen molar-refractivity contribution in [1.82, 2.24) is 9.88 Å². The van der Waals surface area contributed by atoms with E-state index in [1.165, 1.54) is 13.3 Å². The molecule has 1 aromatic heterocycles. The number of methoxy groups -OCH3 is 2. The van der Waals surface area contributed by atoms with Gasteiger partial charge in [-0.25, -0.2) is 4.98 Å². The first-order valence-electron chi connectivity index (χ1n) is 8.18. The van der Waals surface area contributed by atoms with E-state index in [2.05, 4.69) is 11.1 Å². The van der Waals surface area contributed by atoms with Gasteiger partial charge in [0.25, 0.3) is 5.91 Å². The van der Waals surface area contributed by atoms with Gasteiger partial charge in [-0.15, -0.1) is 0 Å². The van der Waals surface area contributed by atoms with Gasteiger partial charge in [0.1, 0.15) is 17.6 Å². The number of benzene rings is 1. The largest absolute Gasteiger partial charge is 0.497 e. The van der Waals surface area contributed by atoms with Crippen LogP contribution in [0.4, 0.5) is 0 Å². The smallest absolute Gasteiger partial charge is 0.257 e. The quantitative estimate of drug-likeness (QED) is 0.820. The van der Waals surface area contributed by atoms with Crippen LogP contribution in [0.3, 0.4) is 0 Å². The second kappa shape index (κ2) is 7.74. The summed E-state index contributed by atoms with van der Waals surface area (Å²) >= 11 is 0. The Morgan fingerprint density at radius 2 is 2.12 bits per heavy atom. The van der Waals surface area contributed by atoms with Crippen LogP contribution in [0.5, 0.6) is 17.4 Å². The molecule has 1 amide bonds. The van der Waals surface area contributed by atoms with E-state index in [0.717, 1.165) is 0 Å². The summed E-state index contributed by atoms with van der Waals surface area (Å²) in [5, 5.41) is 8.94. The average Bonchev–Trinajstić information content (AvgIpc) is 3.15. The van der Waals surface area contributed by atoms with Crippen LogP contribution in [0.25, 0.3) is 0 Å². The Hall–Kier alpha value is -3.27. The van der Waals surface area contributed by atoms with Crippen LogP contribution in [-0.4, -0.2) is 49.2 Å². The molecule has 1 unspecified atom stereocenters. The number of rotatable bonds is 5. The molecule has 7 nitrogen and oxygen atoms in total. The molecule has 0 N–H and O–H groups in total. The van der Waals surface area contributed by atoms with Gasteiger partial charge in [0.15, 0.2) is 0 Å². The summed E-state index contributed by atoms with van der Waals surface area (Å²) in [6, 6.07) is 10.4. The van der Waals surface area contributed by atoms with Crippen LogP contribution >= 0.6 is 0 Å². The molecule has 1 aliphatic rings. The summed E-state index contributed by atoms with van der Waals surface area (Å²) in [6.07, 6.45) is 2.07. The van der Waals surface area contributed by atoms with Gasteiger partial charge >= 0.3 is 0 Å². The van der Waals surface area contributed by atoms with Crippen molar-refractivity contribution in [3.05, 3.63) is 47.7 Å². The van der Waals surface area contributed by atoms with Crippen molar-refractivity contribution in [1.29, 1.82) is 5.26 Å². The van der Waals surface area contributed by atoms with Gasteiger partial charge in [0.2, 0.25) is 5.88 Å². The first-order chi connectivity index (χ1) is 12.6. The van der Waals surface area contributed by atoms with E-state index in [1.807, 2.05) is 0 Å². The lowest BCUT2D eigenvalue weighted by Gasteiger charge is -2.18. The van der Waals surface area contributed by atoms with E-state index in [0.29, 0.717) is 48.0 Å². The monoisotopic (exact) mass is 353 g/mol. The highest BCUT2D eigenvalue weighted by Crippen LogP contribution is 2.27. The number of aromatic nitrogens is 1. The molecule has 1 fully saturated rings. The fourth-order valence-corrected chi connectivity index (χ4v) is 2.87. The SMILES string of the molecule is COc1ccc(C(=O)N2CCC(Oc3cc(C#N)ccn3)C2)c(OC)c1. The fourth-order valence-electron chi connectivity index (χ4n) is 2.87. The Balaban J connectivity index is 1.68. The van der Waals surface area contributed by atoms with Gasteiger partial charge in [-0.05, 0) is 18.2 Å². The molecule has 0 bridgehead atoms. The van der Waals surface area contributed by atoms with Crippen LogP contribution in [0.15, 0.2) is 36.5 Å². The summed E-state index contributed by atoms with van der Waals surface area (Å²) in [5.41, 5.74) is 0.974. The fraction of sp³-hybridized carbons (Fsp3) is 0.316. The normalized spacial score (nSPS) is 16.0. The summed E-state index contributed by atoms with van der Waals surface area (Å²) in [4.78, 5) is 18.7. The molecular weight excluding hydrogens is 334 g/mol. The summed E-state index contributed by atoms with van der Waals surface area (Å²) in [6.45, 7) is 1.03. The van der Waals surface area contributed by atoms with Crippen LogP contribution in [0, 0.1) is 11.3 Å². The number of carbonyl (C=O) groups is 1. The third kappa shape index (κ3) is 3.70. The van der Waals surface area contributed by atoms with E-state index >= 15 is 0 Å². The molecule has 1 aromatic carbocycles. The zero-order valence-electron chi connectivity index (χ0n) is 14.6. The number of nitriles is 1. The second-order valence-electron chi connectivity index (χ2n) is 5.84. The number of carbonyl (C=O) groups excluding carboxylic acids is 1. The minimum Gasteiger partial charge on any atom is -0.497 e. The molecule has 0 saturated carbocycles. The molecule has 26 heavy (non-hydrogen) atoms. The molecule has 3 rings (SSSR count). The zero-order chi connectivity index (χ0) is 18.5. The number of hydrogen-bond donors (Lipinski definition) is 0. The predicted molar refractivity (Wildman–Crippen MR) is 93.4 cm³/mol. The van der Waals surface area contributed by atoms with Crippen molar-refractivity contribution in [2.24, 2.45) is 0 Å². The topological polar surface area (TPSA) is 84.7 Å². The Kier molecular flexibility index (Phi) is 5.23. The Bertz CT molecular complexity index is 847. The number of hydrogen-bond acceptors (Lipinski definition) is 6. The van der Waals surface area contributed by atoms with Crippen molar-refractivity contribution in [2.75, 3.05) is 27.3 Å². The molecule has 0 spiro atoms. The van der Waals surface area contributed by atoms with Crippen LogP contribution < -0.4 is 14.2 Å². The van der Waals surface area contributed by atoms with Gasteiger partial charge in [-0.3, -0.25) is 4.79 Å². The number of amides is 1. The highest BCUT2D eigenvalue weighted by atomic mass is 16.5. The van der Waals surface area contributed by atoms with Gasteiger partial charge in [0, 0.05) is 31.3 Å². The molecule has 2 aromatic rings. The minimum atomic E-state index is -0.162. The lowest BCUT2D eigenvalue weighted by atomic mass is 10.1. The first kappa shape index (κ1) is 17.5. The Labute approximate surface area is 151 Å². The number of nitrogens with zero attached hydrogens (tertiary/aromatic N) is 3. The Morgan fingerprint density at radius 3 is 2.85 bits per heavy atom. The van der Waals surface area contributed by atoms with Crippen molar-refractivity contribution in [3.63, 3.8) is 0 Å². The molecular formula is C19H19N3O4. The standard InChI is InChI=1S/C19H19N3O4/c1-24-14-3-4-16(17(10-14)25-2)19(23)22-8-6-15(12-22)26-18-9-13(11-20)5-7-21-18/h3-5,7,9-10,15H,6,8,12H2,1-2H3. The summed E-state index contributed by atoms with van der Waals surface area (Å²) in [7, 11) is 3.09. The molecule has 0 aliphatic carbocycles. The third-order valence-corrected chi connectivity index (χ3v) is 4.22. The maximum Gasteiger partial charge on any atom is 0.257 e. The Morgan fingerprint density at radius 1 is 1.27 bits per heavy atom. The van der Waals surface area contributed by atoms with Gasteiger partial charge < -0.3 is 19.1 Å². The van der Waals surface area contributed by atoms with Crippen LogP contribution in [-0.2, 0) is 0 Å². The van der Waals surface area contributed by atoms with Crippen LogP contribution in [0.1, 0.15) is 22.3 Å². The summed E-state index contributed by atoms with van der Waals surface area (Å²) < 4.78 is 16.3. The molecule has 7 heteroatoms. The molecule has 134 valence electrons. The van der Waals surface area contributed by atoms with Crippen molar-refractivity contribution >= 4 is 5.91 Å². The zero-order valence-corrected chi connectivity index (χ0v) is 14.6. The maximum absolute atomic E-state index is 12.8. The lowest BCUT2D eigenvalue weighted by Crippen LogP contribution is -2.31. The van der Waals surface area contributed by atoms with Gasteiger partial charge in [-0.1, -0.05) is 0 Å². The molecule has 2 heterocycles. The molecule has 0 radical (unpaired) electrons. The average molecular weight is 353 g/mol. The number of pyridine rings is 1. The van der Waals surface area contributed by atoms with Gasteiger partial charge in [0.05, 0.1) is 38.0 Å². The molecule has 1 atom stereocenters. The highest BCUT2D eigenvalue weighted by molar-refractivity contribution is 5.97. The predicted octanol–water partition coefficient (Wildman–Crippen LogP) is 2.26. The van der Waals surface area contributed by atoms with E-state index < -0.39 is 0 Å². The first-order valence-corrected chi connectivity index (χ1v) is 8.18. The van der Waals surface area contributed by atoms with Gasteiger partial charge in [-0.2, -0.15) is 5.26 Å². The van der Waals surface area contributed by atoms with Crippen molar-refractivity contribution in [2.45, 2.75) is 12.5 Å². The number of ether oxygens (including phenoxy) is 3. The number of likely N-dealkylation sites (tertiary alicyclic amines) is 1. The lowest BCUT2D eigenvalue weighted by molar-refractivity contribution is 0.0767. The maximum atomic E-state index is 12.8. The third-order valence-electron chi connectivity index (χ3n) is 4.22. The van der Waals surface area contributed by atoms with Crippen molar-refractivity contribution in [3.8, 4) is 23.4 Å². The van der Waals surface area contributed by atoms with E-state index in [9.17, 15) is 4.79 Å². The minimum absolute atomic E-state index is 0.116. The molecule has 1 aliphatic heterocycles. The van der Waals surface area contributed by atoms with Crippen LogP contribution in [0.2, 0.25) is 0 Å². The van der Waals surface area contributed by atoms with E-state index in [4.69, 9.17) is 19.5 Å². The van der Waals surface area contributed by atoms with E-state index in [1.54, 1.807) is 42.3 Å². The van der Waals surface area contributed by atoms with Crippen molar-refractivity contribution < 1.29 is 19.0 Å². The summed E-state index contributed by atoms with van der Waals surface area (Å²) in [5.74, 6) is 1.38.